The summed E-state index contributed by atoms with van der Waals surface area (Å²) in [6.07, 6.45) is 1.18. The second-order valence-electron chi connectivity index (χ2n) is 5.02. The molecular formula is C12H19N3O2S2. The first kappa shape index (κ1) is 13.5. The van der Waals surface area contributed by atoms with Crippen molar-refractivity contribution in [3.05, 3.63) is 17.5 Å². The maximum atomic E-state index is 12.4. The van der Waals surface area contributed by atoms with Crippen molar-refractivity contribution < 1.29 is 8.42 Å². The maximum Gasteiger partial charge on any atom is 0.252 e. The van der Waals surface area contributed by atoms with Gasteiger partial charge in [-0.05, 0) is 24.4 Å². The Hall–Kier alpha value is -0.470. The topological polar surface area (TPSA) is 52.7 Å². The van der Waals surface area contributed by atoms with Crippen LogP contribution in [0.1, 0.15) is 6.42 Å². The summed E-state index contributed by atoms with van der Waals surface area (Å²) in [4.78, 5) is 2.42. The second kappa shape index (κ2) is 5.49. The molecule has 2 aliphatic heterocycles. The molecular weight excluding hydrogens is 282 g/mol. The van der Waals surface area contributed by atoms with Crippen molar-refractivity contribution in [1.82, 2.24) is 14.5 Å². The van der Waals surface area contributed by atoms with E-state index in [-0.39, 0.29) is 0 Å². The van der Waals surface area contributed by atoms with Crippen molar-refractivity contribution >= 4 is 21.4 Å². The molecule has 0 radical (unpaired) electrons. The molecule has 0 aromatic carbocycles. The molecule has 2 saturated heterocycles. The van der Waals surface area contributed by atoms with Crippen LogP contribution in [0.4, 0.5) is 0 Å². The van der Waals surface area contributed by atoms with Crippen molar-refractivity contribution in [3.63, 3.8) is 0 Å². The monoisotopic (exact) mass is 301 g/mol. The molecule has 3 heterocycles. The van der Waals surface area contributed by atoms with E-state index in [9.17, 15) is 8.42 Å². The lowest BCUT2D eigenvalue weighted by molar-refractivity contribution is 0.145. The lowest BCUT2D eigenvalue weighted by Crippen LogP contribution is -2.52. The Morgan fingerprint density at radius 3 is 2.63 bits per heavy atom. The van der Waals surface area contributed by atoms with Crippen molar-refractivity contribution in [2.24, 2.45) is 0 Å². The molecule has 3 rings (SSSR count). The van der Waals surface area contributed by atoms with Crippen LogP contribution in [0, 0.1) is 0 Å². The maximum absolute atomic E-state index is 12.4. The predicted octanol–water partition coefficient (Wildman–Crippen LogP) is 0.416. The number of sulfonamides is 1. The summed E-state index contributed by atoms with van der Waals surface area (Å²) in [5.41, 5.74) is 0. The summed E-state index contributed by atoms with van der Waals surface area (Å²) in [6, 6.07) is 4.07. The van der Waals surface area contributed by atoms with Gasteiger partial charge in [0.1, 0.15) is 4.21 Å². The van der Waals surface area contributed by atoms with Gasteiger partial charge in [-0.3, -0.25) is 4.90 Å². The van der Waals surface area contributed by atoms with Gasteiger partial charge in [0.15, 0.2) is 0 Å². The van der Waals surface area contributed by atoms with E-state index >= 15 is 0 Å². The van der Waals surface area contributed by atoms with Crippen molar-refractivity contribution in [3.8, 4) is 0 Å². The molecule has 0 amide bonds. The van der Waals surface area contributed by atoms with E-state index in [0.29, 0.717) is 23.3 Å². The Labute approximate surface area is 118 Å². The van der Waals surface area contributed by atoms with Gasteiger partial charge in [-0.15, -0.1) is 11.3 Å². The van der Waals surface area contributed by atoms with E-state index < -0.39 is 10.0 Å². The zero-order chi connectivity index (χ0) is 13.3. The minimum absolute atomic E-state index is 0.462. The number of hydrogen-bond donors (Lipinski definition) is 1. The molecule has 2 aliphatic rings. The molecule has 1 N–H and O–H groups in total. The minimum Gasteiger partial charge on any atom is -0.315 e. The molecule has 2 fully saturated rings. The molecule has 7 heteroatoms. The minimum atomic E-state index is -3.26. The Balaban J connectivity index is 1.64. The van der Waals surface area contributed by atoms with Crippen LogP contribution in [0.15, 0.2) is 21.7 Å². The molecule has 1 atom stereocenters. The van der Waals surface area contributed by atoms with Crippen molar-refractivity contribution in [2.45, 2.75) is 16.7 Å². The fraction of sp³-hybridized carbons (Fsp3) is 0.667. The third-order valence-electron chi connectivity index (χ3n) is 3.91. The first-order chi connectivity index (χ1) is 9.18. The highest BCUT2D eigenvalue weighted by molar-refractivity contribution is 7.91. The lowest BCUT2D eigenvalue weighted by Gasteiger charge is -2.36. The highest BCUT2D eigenvalue weighted by Gasteiger charge is 2.32. The van der Waals surface area contributed by atoms with Gasteiger partial charge < -0.3 is 5.32 Å². The van der Waals surface area contributed by atoms with E-state index in [1.165, 1.54) is 17.8 Å². The number of piperazine rings is 1. The highest BCUT2D eigenvalue weighted by Crippen LogP contribution is 2.22. The summed E-state index contributed by atoms with van der Waals surface area (Å²) in [5, 5.41) is 5.17. The zero-order valence-corrected chi connectivity index (χ0v) is 12.4. The molecule has 19 heavy (non-hydrogen) atoms. The fourth-order valence-corrected chi connectivity index (χ4v) is 5.36. The quantitative estimate of drug-likeness (QED) is 0.879. The van der Waals surface area contributed by atoms with Crippen LogP contribution < -0.4 is 5.32 Å². The molecule has 0 aliphatic carbocycles. The third kappa shape index (κ3) is 2.71. The smallest absolute Gasteiger partial charge is 0.252 e. The predicted molar refractivity (Wildman–Crippen MR) is 75.9 cm³/mol. The Morgan fingerprint density at radius 2 is 2.05 bits per heavy atom. The number of hydrogen-bond acceptors (Lipinski definition) is 5. The summed E-state index contributed by atoms with van der Waals surface area (Å²) < 4.78 is 26.8. The molecule has 1 aromatic rings. The summed E-state index contributed by atoms with van der Waals surface area (Å²) in [7, 11) is -3.26. The molecule has 1 aromatic heterocycles. The highest BCUT2D eigenvalue weighted by atomic mass is 32.2. The summed E-state index contributed by atoms with van der Waals surface area (Å²) >= 11 is 1.30. The molecule has 106 valence electrons. The van der Waals surface area contributed by atoms with Crippen LogP contribution in [-0.4, -0.2) is 62.9 Å². The van der Waals surface area contributed by atoms with Crippen LogP contribution in [-0.2, 0) is 10.0 Å². The standard InChI is InChI=1S/C12H19N3O2S2/c16-19(17,12-2-1-9-18-12)15-7-5-14(6-8-15)11-3-4-13-10-11/h1-2,9,11,13H,3-8,10H2. The van der Waals surface area contributed by atoms with Gasteiger partial charge in [0.05, 0.1) is 0 Å². The van der Waals surface area contributed by atoms with Crippen LogP contribution in [0.3, 0.4) is 0 Å². The average Bonchev–Trinajstić information content (AvgIpc) is 3.12. The molecule has 5 nitrogen and oxygen atoms in total. The fourth-order valence-electron chi connectivity index (χ4n) is 2.80. The van der Waals surface area contributed by atoms with Gasteiger partial charge in [-0.2, -0.15) is 4.31 Å². The zero-order valence-electron chi connectivity index (χ0n) is 10.8. The molecule has 0 spiro atoms. The number of nitrogens with one attached hydrogen (secondary N) is 1. The van der Waals surface area contributed by atoms with Gasteiger partial charge in [-0.1, -0.05) is 6.07 Å². The first-order valence-corrected chi connectivity index (χ1v) is 8.98. The third-order valence-corrected chi connectivity index (χ3v) is 7.18. The van der Waals surface area contributed by atoms with Gasteiger partial charge >= 0.3 is 0 Å². The van der Waals surface area contributed by atoms with E-state index in [1.54, 1.807) is 16.4 Å². The van der Waals surface area contributed by atoms with E-state index in [0.717, 1.165) is 26.2 Å². The van der Waals surface area contributed by atoms with Gasteiger partial charge in [0.2, 0.25) is 0 Å². The van der Waals surface area contributed by atoms with Crippen LogP contribution >= 0.6 is 11.3 Å². The van der Waals surface area contributed by atoms with Crippen molar-refractivity contribution in [1.29, 1.82) is 0 Å². The van der Waals surface area contributed by atoms with Gasteiger partial charge in [0.25, 0.3) is 10.0 Å². The van der Waals surface area contributed by atoms with E-state index in [2.05, 4.69) is 10.2 Å². The average molecular weight is 301 g/mol. The largest absolute Gasteiger partial charge is 0.315 e. The van der Waals surface area contributed by atoms with E-state index in [1.807, 2.05) is 5.38 Å². The number of nitrogens with zero attached hydrogens (tertiary/aromatic N) is 2. The van der Waals surface area contributed by atoms with Crippen LogP contribution in [0.5, 0.6) is 0 Å². The Bertz CT molecular complexity index is 501. The van der Waals surface area contributed by atoms with Gasteiger partial charge in [0, 0.05) is 38.8 Å². The second-order valence-corrected chi connectivity index (χ2v) is 8.13. The van der Waals surface area contributed by atoms with E-state index in [4.69, 9.17) is 0 Å². The normalized spacial score (nSPS) is 26.8. The number of thiophene rings is 1. The molecule has 0 bridgehead atoms. The molecule has 1 unspecified atom stereocenters. The SMILES string of the molecule is O=S(=O)(c1cccs1)N1CCN(C2CCNC2)CC1. The Morgan fingerprint density at radius 1 is 1.26 bits per heavy atom. The Kier molecular flexibility index (Phi) is 3.91. The van der Waals surface area contributed by atoms with Crippen molar-refractivity contribution in [2.75, 3.05) is 39.3 Å². The van der Waals surface area contributed by atoms with Crippen LogP contribution in [0.25, 0.3) is 0 Å². The first-order valence-electron chi connectivity index (χ1n) is 6.66. The lowest BCUT2D eigenvalue weighted by atomic mass is 10.2. The van der Waals surface area contributed by atoms with Crippen LogP contribution in [0.2, 0.25) is 0 Å². The number of rotatable bonds is 3. The molecule has 0 saturated carbocycles. The summed E-state index contributed by atoms with van der Waals surface area (Å²) in [6.45, 7) is 5.03. The van der Waals surface area contributed by atoms with Gasteiger partial charge in [-0.25, -0.2) is 8.42 Å². The summed E-state index contributed by atoms with van der Waals surface area (Å²) in [5.74, 6) is 0.